The number of unbranched alkanes of at least 4 members (excludes halogenated alkanes) is 5. The van der Waals surface area contributed by atoms with E-state index in [1.165, 1.54) is 44.6 Å². The molecule has 2 heterocycles. The van der Waals surface area contributed by atoms with E-state index in [1.807, 2.05) is 4.90 Å². The van der Waals surface area contributed by atoms with Gasteiger partial charge in [0.15, 0.2) is 11.8 Å². The molecule has 2 aliphatic heterocycles. The Hall–Kier alpha value is -1.51. The highest BCUT2D eigenvalue weighted by atomic mass is 16.5. The van der Waals surface area contributed by atoms with Crippen LogP contribution in [0.25, 0.3) is 0 Å². The van der Waals surface area contributed by atoms with Gasteiger partial charge in [-0.1, -0.05) is 37.3 Å². The molecule has 0 aromatic heterocycles. The lowest BCUT2D eigenvalue weighted by atomic mass is 9.93. The molecular formula is C19H31N3O5. The summed E-state index contributed by atoms with van der Waals surface area (Å²) in [6.07, 6.45) is 12.0. The van der Waals surface area contributed by atoms with Gasteiger partial charge in [-0.2, -0.15) is 0 Å². The minimum absolute atomic E-state index is 0.153. The van der Waals surface area contributed by atoms with Gasteiger partial charge in [0.2, 0.25) is 0 Å². The van der Waals surface area contributed by atoms with Crippen molar-refractivity contribution in [2.75, 3.05) is 19.7 Å². The topological polar surface area (TPSA) is 109 Å². The molecule has 0 radical (unpaired) electrons. The van der Waals surface area contributed by atoms with Crippen molar-refractivity contribution in [2.45, 2.75) is 82.1 Å². The Bertz CT molecular complexity index is 508. The van der Waals surface area contributed by atoms with Crippen LogP contribution in [-0.2, 0) is 9.53 Å². The first-order valence-electron chi connectivity index (χ1n) is 10.1. The number of nitroso groups, excluding NO2 is 2. The summed E-state index contributed by atoms with van der Waals surface area (Å²) < 4.78 is 5.63. The predicted octanol–water partition coefficient (Wildman–Crippen LogP) is 2.93. The van der Waals surface area contributed by atoms with Crippen molar-refractivity contribution >= 4 is 5.78 Å². The van der Waals surface area contributed by atoms with Gasteiger partial charge in [-0.05, 0) is 43.5 Å². The second-order valence-electron chi connectivity index (χ2n) is 7.45. The molecule has 2 unspecified atom stereocenters. The van der Waals surface area contributed by atoms with Crippen LogP contribution in [0.3, 0.4) is 0 Å². The second-order valence-corrected chi connectivity index (χ2v) is 7.45. The van der Waals surface area contributed by atoms with Gasteiger partial charge in [-0.3, -0.25) is 9.69 Å². The van der Waals surface area contributed by atoms with Crippen molar-refractivity contribution < 1.29 is 14.6 Å². The standard InChI is InChI=1S/C19H31N3O5/c23-17-14-22(16(10-11-20-25)18(21-26)19(17)24)12-6-4-2-1-3-5-8-15-9-7-13-27-15/h10-11,15-18,23H,1-9,12-14H2/t15?,16-,17+,18?/m1/s1. The minimum Gasteiger partial charge on any atom is -0.384 e. The number of aliphatic hydroxyl groups is 1. The third-order valence-corrected chi connectivity index (χ3v) is 5.48. The van der Waals surface area contributed by atoms with Gasteiger partial charge in [-0.15, -0.1) is 9.81 Å². The molecule has 8 heteroatoms. The molecule has 1 N–H and O–H groups in total. The summed E-state index contributed by atoms with van der Waals surface area (Å²) >= 11 is 0. The SMILES string of the molecule is O=NC=C[C@@H]1C(N=O)C(=O)[C@@H](O)CN1CCCCCCCCC1CCCO1. The molecule has 2 saturated heterocycles. The zero-order chi connectivity index (χ0) is 19.5. The van der Waals surface area contributed by atoms with Crippen LogP contribution in [0.1, 0.15) is 57.8 Å². The van der Waals surface area contributed by atoms with Gasteiger partial charge in [-0.25, -0.2) is 0 Å². The molecule has 152 valence electrons. The quantitative estimate of drug-likeness (QED) is 0.411. The van der Waals surface area contributed by atoms with Gasteiger partial charge in [0, 0.05) is 13.2 Å². The third-order valence-electron chi connectivity index (χ3n) is 5.48. The van der Waals surface area contributed by atoms with Crippen molar-refractivity contribution in [1.82, 2.24) is 4.90 Å². The Labute approximate surface area is 160 Å². The average molecular weight is 381 g/mol. The van der Waals surface area contributed by atoms with Crippen LogP contribution in [0.5, 0.6) is 0 Å². The summed E-state index contributed by atoms with van der Waals surface area (Å²) in [5.74, 6) is -0.590. The highest BCUT2D eigenvalue weighted by Crippen LogP contribution is 2.21. The zero-order valence-corrected chi connectivity index (χ0v) is 15.9. The lowest BCUT2D eigenvalue weighted by molar-refractivity contribution is -0.134. The van der Waals surface area contributed by atoms with E-state index in [0.717, 1.165) is 32.1 Å². The van der Waals surface area contributed by atoms with Crippen LogP contribution < -0.4 is 0 Å². The fourth-order valence-corrected chi connectivity index (χ4v) is 3.97. The number of hydrogen-bond acceptors (Lipinski definition) is 8. The number of carbonyl (C=O) groups is 1. The zero-order valence-electron chi connectivity index (χ0n) is 15.9. The molecule has 0 saturated carbocycles. The summed E-state index contributed by atoms with van der Waals surface area (Å²) in [6, 6.07) is -1.80. The van der Waals surface area contributed by atoms with Crippen molar-refractivity contribution in [3.8, 4) is 0 Å². The van der Waals surface area contributed by atoms with Crippen LogP contribution in [0, 0.1) is 9.81 Å². The number of ether oxygens (including phenoxy) is 1. The van der Waals surface area contributed by atoms with Gasteiger partial charge >= 0.3 is 0 Å². The Morgan fingerprint density at radius 1 is 1.15 bits per heavy atom. The van der Waals surface area contributed by atoms with E-state index in [2.05, 4.69) is 10.4 Å². The first kappa shape index (κ1) is 21.8. The number of hydrogen-bond donors (Lipinski definition) is 1. The van der Waals surface area contributed by atoms with E-state index < -0.39 is 24.0 Å². The number of rotatable bonds is 12. The van der Waals surface area contributed by atoms with E-state index in [-0.39, 0.29) is 6.54 Å². The van der Waals surface area contributed by atoms with Crippen LogP contribution in [0.2, 0.25) is 0 Å². The average Bonchev–Trinajstić information content (AvgIpc) is 3.18. The Balaban J connectivity index is 1.66. The van der Waals surface area contributed by atoms with Crippen molar-refractivity contribution in [3.63, 3.8) is 0 Å². The van der Waals surface area contributed by atoms with Crippen molar-refractivity contribution in [1.29, 1.82) is 0 Å². The number of nitrogens with zero attached hydrogens (tertiary/aromatic N) is 3. The third kappa shape index (κ3) is 6.86. The molecular weight excluding hydrogens is 350 g/mol. The van der Waals surface area contributed by atoms with Crippen LogP contribution >= 0.6 is 0 Å². The number of likely N-dealkylation sites (tertiary alicyclic amines) is 1. The molecule has 2 aliphatic rings. The van der Waals surface area contributed by atoms with E-state index in [9.17, 15) is 19.7 Å². The maximum absolute atomic E-state index is 11.9. The van der Waals surface area contributed by atoms with E-state index in [1.54, 1.807) is 0 Å². The van der Waals surface area contributed by atoms with E-state index >= 15 is 0 Å². The smallest absolute Gasteiger partial charge is 0.192 e. The molecule has 0 amide bonds. The largest absolute Gasteiger partial charge is 0.384 e. The lowest BCUT2D eigenvalue weighted by Gasteiger charge is -2.37. The number of carbonyl (C=O) groups excluding carboxylic acids is 1. The monoisotopic (exact) mass is 381 g/mol. The summed E-state index contributed by atoms with van der Waals surface area (Å²) in [6.45, 7) is 1.71. The summed E-state index contributed by atoms with van der Waals surface area (Å²) in [4.78, 5) is 35.2. The van der Waals surface area contributed by atoms with Crippen molar-refractivity contribution in [2.24, 2.45) is 10.4 Å². The molecule has 0 aliphatic carbocycles. The normalized spacial score (nSPS) is 29.4. The first-order chi connectivity index (χ1) is 13.2. The maximum Gasteiger partial charge on any atom is 0.192 e. The Kier molecular flexibility index (Phi) is 9.72. The molecule has 0 spiro atoms. The molecule has 0 aromatic rings. The fourth-order valence-electron chi connectivity index (χ4n) is 3.97. The predicted molar refractivity (Wildman–Crippen MR) is 102 cm³/mol. The first-order valence-corrected chi connectivity index (χ1v) is 10.1. The molecule has 8 nitrogen and oxygen atoms in total. The van der Waals surface area contributed by atoms with E-state index in [4.69, 9.17) is 4.74 Å². The second kappa shape index (κ2) is 12.0. The van der Waals surface area contributed by atoms with Crippen LogP contribution in [0.15, 0.2) is 22.6 Å². The van der Waals surface area contributed by atoms with Crippen LogP contribution in [-0.4, -0.2) is 59.8 Å². The van der Waals surface area contributed by atoms with Gasteiger partial charge in [0.05, 0.1) is 18.3 Å². The van der Waals surface area contributed by atoms with Crippen molar-refractivity contribution in [3.05, 3.63) is 22.1 Å². The Morgan fingerprint density at radius 3 is 2.56 bits per heavy atom. The molecule has 2 fully saturated rings. The highest BCUT2D eigenvalue weighted by Gasteiger charge is 2.41. The number of piperidine rings is 1. The number of ketones is 1. The fraction of sp³-hybridized carbons (Fsp3) is 0.842. The highest BCUT2D eigenvalue weighted by molar-refractivity contribution is 5.90. The molecule has 0 bridgehead atoms. The molecule has 27 heavy (non-hydrogen) atoms. The summed E-state index contributed by atoms with van der Waals surface area (Å²) in [5.41, 5.74) is 0. The lowest BCUT2D eigenvalue weighted by Crippen LogP contribution is -2.57. The molecule has 2 rings (SSSR count). The van der Waals surface area contributed by atoms with Gasteiger partial charge < -0.3 is 9.84 Å². The van der Waals surface area contributed by atoms with Gasteiger partial charge in [0.1, 0.15) is 6.10 Å². The minimum atomic E-state index is -1.21. The molecule has 0 aromatic carbocycles. The Morgan fingerprint density at radius 2 is 1.89 bits per heavy atom. The van der Waals surface area contributed by atoms with E-state index in [0.29, 0.717) is 12.6 Å². The van der Waals surface area contributed by atoms with Gasteiger partial charge in [0.25, 0.3) is 0 Å². The maximum atomic E-state index is 11.9. The summed E-state index contributed by atoms with van der Waals surface area (Å²) in [7, 11) is 0. The number of β-amino-alcohol motifs (C(OH)–C–C–N with tert-alkyl or cyclic N) is 1. The number of aliphatic hydroxyl groups excluding tert-OH is 1. The number of Topliss-reactive ketones (excluding diaryl/α,β-unsaturated/α-hetero) is 1. The molecule has 4 atom stereocenters. The van der Waals surface area contributed by atoms with Crippen LogP contribution in [0.4, 0.5) is 0 Å². The summed E-state index contributed by atoms with van der Waals surface area (Å²) in [5, 5.41) is 15.4.